The van der Waals surface area contributed by atoms with Gasteiger partial charge in [0.05, 0.1) is 6.07 Å². The number of nitriles is 1. The van der Waals surface area contributed by atoms with Crippen molar-refractivity contribution < 1.29 is 9.59 Å². The molecule has 1 heterocycles. The van der Waals surface area contributed by atoms with E-state index in [1.54, 1.807) is 0 Å². The van der Waals surface area contributed by atoms with Crippen LogP contribution in [0, 0.1) is 22.7 Å². The predicted octanol–water partition coefficient (Wildman–Crippen LogP) is 1.57. The van der Waals surface area contributed by atoms with E-state index in [-0.39, 0.29) is 11.8 Å². The lowest BCUT2D eigenvalue weighted by Gasteiger charge is -2.38. The molecule has 5 heteroatoms. The first kappa shape index (κ1) is 14.8. The number of nitrogens with zero attached hydrogens (tertiary/aromatic N) is 2. The highest BCUT2D eigenvalue weighted by Crippen LogP contribution is 2.38. The summed E-state index contributed by atoms with van der Waals surface area (Å²) in [6.45, 7) is 1.31. The Bertz CT molecular complexity index is 413. The number of hydrogen-bond acceptors (Lipinski definition) is 3. The summed E-state index contributed by atoms with van der Waals surface area (Å²) in [6.07, 6.45) is 6.50. The molecule has 1 saturated heterocycles. The van der Waals surface area contributed by atoms with E-state index in [1.807, 2.05) is 4.90 Å². The van der Waals surface area contributed by atoms with Crippen molar-refractivity contribution in [2.45, 2.75) is 51.4 Å². The van der Waals surface area contributed by atoms with Crippen molar-refractivity contribution in [3.8, 4) is 6.07 Å². The maximum atomic E-state index is 12.6. The van der Waals surface area contributed by atoms with Crippen LogP contribution in [0.2, 0.25) is 0 Å². The number of carbonyl (C=O) groups is 2. The van der Waals surface area contributed by atoms with Crippen LogP contribution in [0.25, 0.3) is 0 Å². The van der Waals surface area contributed by atoms with Gasteiger partial charge in [-0.1, -0.05) is 19.3 Å². The van der Waals surface area contributed by atoms with E-state index in [4.69, 9.17) is 5.73 Å². The smallest absolute Gasteiger partial charge is 0.243 e. The second-order valence-corrected chi connectivity index (χ2v) is 6.16. The first-order valence-electron chi connectivity index (χ1n) is 7.56. The zero-order valence-corrected chi connectivity index (χ0v) is 11.9. The lowest BCUT2D eigenvalue weighted by molar-refractivity contribution is -0.142. The number of nitrogens with two attached hydrogens (primary N) is 1. The van der Waals surface area contributed by atoms with Crippen LogP contribution in [0.3, 0.4) is 0 Å². The number of piperidine rings is 1. The van der Waals surface area contributed by atoms with Crippen molar-refractivity contribution in [1.29, 1.82) is 5.26 Å². The summed E-state index contributed by atoms with van der Waals surface area (Å²) in [4.78, 5) is 25.4. The Labute approximate surface area is 120 Å². The summed E-state index contributed by atoms with van der Waals surface area (Å²) < 4.78 is 0. The highest BCUT2D eigenvalue weighted by Gasteiger charge is 2.43. The van der Waals surface area contributed by atoms with E-state index in [9.17, 15) is 14.9 Å². The van der Waals surface area contributed by atoms with E-state index in [2.05, 4.69) is 6.07 Å². The summed E-state index contributed by atoms with van der Waals surface area (Å²) in [6, 6.07) is 2.29. The molecule has 0 radical (unpaired) electrons. The molecule has 0 unspecified atom stereocenters. The average Bonchev–Trinajstić information content (AvgIpc) is 2.47. The first-order chi connectivity index (χ1) is 9.57. The van der Waals surface area contributed by atoms with E-state index in [0.29, 0.717) is 38.3 Å². The second-order valence-electron chi connectivity index (χ2n) is 6.16. The van der Waals surface area contributed by atoms with Crippen molar-refractivity contribution >= 4 is 11.8 Å². The van der Waals surface area contributed by atoms with Crippen LogP contribution < -0.4 is 5.73 Å². The molecule has 0 atom stereocenters. The number of primary amides is 1. The lowest BCUT2D eigenvalue weighted by Crippen LogP contribution is -2.47. The van der Waals surface area contributed by atoms with E-state index in [0.717, 1.165) is 32.1 Å². The monoisotopic (exact) mass is 277 g/mol. The largest absolute Gasteiger partial charge is 0.370 e. The number of likely N-dealkylation sites (tertiary alicyclic amines) is 1. The van der Waals surface area contributed by atoms with Crippen molar-refractivity contribution in [3.63, 3.8) is 0 Å². The summed E-state index contributed by atoms with van der Waals surface area (Å²) >= 11 is 0. The lowest BCUT2D eigenvalue weighted by atomic mass is 9.74. The van der Waals surface area contributed by atoms with Crippen LogP contribution in [-0.2, 0) is 9.59 Å². The second kappa shape index (κ2) is 6.25. The van der Waals surface area contributed by atoms with Gasteiger partial charge in [-0.3, -0.25) is 9.59 Å². The fraction of sp³-hybridized carbons (Fsp3) is 0.800. The third-order valence-corrected chi connectivity index (χ3v) is 4.72. The molecule has 0 aromatic carbocycles. The summed E-state index contributed by atoms with van der Waals surface area (Å²) in [7, 11) is 0. The van der Waals surface area contributed by atoms with Gasteiger partial charge in [0.25, 0.3) is 0 Å². The molecule has 1 aliphatic carbocycles. The summed E-state index contributed by atoms with van der Waals surface area (Å²) in [5.74, 6) is 0.0359. The van der Waals surface area contributed by atoms with Gasteiger partial charge < -0.3 is 10.6 Å². The van der Waals surface area contributed by atoms with Crippen LogP contribution in [0.1, 0.15) is 51.4 Å². The van der Waals surface area contributed by atoms with Gasteiger partial charge in [0.1, 0.15) is 5.41 Å². The predicted molar refractivity (Wildman–Crippen MR) is 74.2 cm³/mol. The molecule has 110 valence electrons. The molecule has 2 N–H and O–H groups in total. The zero-order valence-electron chi connectivity index (χ0n) is 11.9. The maximum Gasteiger partial charge on any atom is 0.243 e. The molecule has 5 nitrogen and oxygen atoms in total. The van der Waals surface area contributed by atoms with Crippen molar-refractivity contribution in [2.75, 3.05) is 13.1 Å². The molecule has 2 fully saturated rings. The number of hydrogen-bond donors (Lipinski definition) is 1. The van der Waals surface area contributed by atoms with Crippen molar-refractivity contribution in [2.24, 2.45) is 17.1 Å². The fourth-order valence-electron chi connectivity index (χ4n) is 3.46. The molecular weight excluding hydrogens is 254 g/mol. The first-order valence-corrected chi connectivity index (χ1v) is 7.56. The number of rotatable bonds is 3. The van der Waals surface area contributed by atoms with Gasteiger partial charge in [-0.15, -0.1) is 0 Å². The van der Waals surface area contributed by atoms with Crippen molar-refractivity contribution in [1.82, 2.24) is 4.90 Å². The van der Waals surface area contributed by atoms with E-state index >= 15 is 0 Å². The Morgan fingerprint density at radius 2 is 1.80 bits per heavy atom. The highest BCUT2D eigenvalue weighted by atomic mass is 16.2. The van der Waals surface area contributed by atoms with Crippen LogP contribution >= 0.6 is 0 Å². The molecule has 0 spiro atoms. The van der Waals surface area contributed by atoms with Crippen LogP contribution in [0.5, 0.6) is 0 Å². The minimum Gasteiger partial charge on any atom is -0.370 e. The Hall–Kier alpha value is -1.57. The molecule has 20 heavy (non-hydrogen) atoms. The van der Waals surface area contributed by atoms with Crippen LogP contribution in [0.4, 0.5) is 0 Å². The Balaban J connectivity index is 1.94. The third kappa shape index (κ3) is 3.12. The standard InChI is InChI=1S/C15H23N3O2/c16-11-15(6-2-1-3-7-15)14(20)18-8-4-12(5-9-18)10-13(17)19/h12H,1-10H2,(H2,17,19). The van der Waals surface area contributed by atoms with Crippen molar-refractivity contribution in [3.05, 3.63) is 0 Å². The number of carbonyl (C=O) groups excluding carboxylic acids is 2. The van der Waals surface area contributed by atoms with E-state index in [1.165, 1.54) is 0 Å². The average molecular weight is 277 g/mol. The Morgan fingerprint density at radius 3 is 2.30 bits per heavy atom. The Kier molecular flexibility index (Phi) is 4.64. The van der Waals surface area contributed by atoms with Crippen LogP contribution in [0.15, 0.2) is 0 Å². The van der Waals surface area contributed by atoms with Gasteiger partial charge in [-0.2, -0.15) is 5.26 Å². The summed E-state index contributed by atoms with van der Waals surface area (Å²) in [5, 5.41) is 9.45. The SMILES string of the molecule is N#CC1(C(=O)N2CCC(CC(N)=O)CC2)CCCCC1. The quantitative estimate of drug-likeness (QED) is 0.849. The molecule has 0 aromatic heterocycles. The molecule has 2 amide bonds. The maximum absolute atomic E-state index is 12.6. The van der Waals surface area contributed by atoms with Gasteiger partial charge in [0.2, 0.25) is 11.8 Å². The molecule has 2 rings (SSSR count). The third-order valence-electron chi connectivity index (χ3n) is 4.72. The molecular formula is C15H23N3O2. The number of amides is 2. The zero-order chi connectivity index (χ0) is 14.6. The Morgan fingerprint density at radius 1 is 1.20 bits per heavy atom. The molecule has 0 bridgehead atoms. The van der Waals surface area contributed by atoms with E-state index < -0.39 is 5.41 Å². The molecule has 2 aliphatic rings. The molecule has 1 saturated carbocycles. The molecule has 1 aliphatic heterocycles. The van der Waals surface area contributed by atoms with Crippen LogP contribution in [-0.4, -0.2) is 29.8 Å². The van der Waals surface area contributed by atoms with Gasteiger partial charge in [0, 0.05) is 19.5 Å². The van der Waals surface area contributed by atoms with Gasteiger partial charge in [0.15, 0.2) is 0 Å². The topological polar surface area (TPSA) is 87.2 Å². The highest BCUT2D eigenvalue weighted by molar-refractivity contribution is 5.85. The van der Waals surface area contributed by atoms with Gasteiger partial charge >= 0.3 is 0 Å². The molecule has 0 aromatic rings. The fourth-order valence-corrected chi connectivity index (χ4v) is 3.46. The van der Waals surface area contributed by atoms with Gasteiger partial charge in [-0.25, -0.2) is 0 Å². The minimum absolute atomic E-state index is 0.0113. The summed E-state index contributed by atoms with van der Waals surface area (Å²) in [5.41, 5.74) is 4.43. The minimum atomic E-state index is -0.783. The normalized spacial score (nSPS) is 23.1. The van der Waals surface area contributed by atoms with Gasteiger partial charge in [-0.05, 0) is 31.6 Å².